The molecule has 0 aliphatic heterocycles. The van der Waals surface area contributed by atoms with Crippen molar-refractivity contribution < 1.29 is 17.5 Å². The molecule has 0 aliphatic carbocycles. The summed E-state index contributed by atoms with van der Waals surface area (Å²) < 4.78 is 43.3. The van der Waals surface area contributed by atoms with E-state index in [0.29, 0.717) is 0 Å². The average molecular weight is 196 g/mol. The first-order chi connectivity index (χ1) is 5.59. The minimum Gasteiger partial charge on any atom is -0.302 e. The highest BCUT2D eigenvalue weighted by molar-refractivity contribution is 7.79. The minimum absolute atomic E-state index is 0.0238. The highest BCUT2D eigenvalue weighted by atomic mass is 32.2. The van der Waals surface area contributed by atoms with Crippen molar-refractivity contribution in [3.63, 3.8) is 0 Å². The summed E-state index contributed by atoms with van der Waals surface area (Å²) in [5.41, 5.74) is 0. The maximum absolute atomic E-state index is 11.7. The van der Waals surface area contributed by atoms with Gasteiger partial charge in [0.05, 0.1) is 6.20 Å². The molecule has 1 atom stereocenters. The summed E-state index contributed by atoms with van der Waals surface area (Å²) in [5.74, 6) is 0. The second-order valence-electron chi connectivity index (χ2n) is 2.04. The Morgan fingerprint density at radius 2 is 2.42 bits per heavy atom. The van der Waals surface area contributed by atoms with E-state index in [1.807, 2.05) is 0 Å². The van der Waals surface area contributed by atoms with E-state index in [4.69, 9.17) is 4.55 Å². The first kappa shape index (κ1) is 9.27. The molecule has 0 saturated heterocycles. The Bertz CT molecular complexity index is 289. The van der Waals surface area contributed by atoms with Gasteiger partial charge in [-0.15, -0.1) is 0 Å². The van der Waals surface area contributed by atoms with Crippen LogP contribution in [0.2, 0.25) is 0 Å². The Kier molecular flexibility index (Phi) is 2.88. The van der Waals surface area contributed by atoms with Crippen LogP contribution in [0, 0.1) is 0 Å². The summed E-state index contributed by atoms with van der Waals surface area (Å²) in [4.78, 5) is 0.0238. The van der Waals surface area contributed by atoms with Crippen molar-refractivity contribution in [2.45, 2.75) is 17.9 Å². The third-order valence-electron chi connectivity index (χ3n) is 1.14. The highest BCUT2D eigenvalue weighted by Crippen LogP contribution is 2.04. The molecule has 1 N–H and O–H groups in total. The van der Waals surface area contributed by atoms with E-state index in [9.17, 15) is 13.0 Å². The van der Waals surface area contributed by atoms with Gasteiger partial charge in [-0.05, 0) is 0 Å². The fourth-order valence-corrected chi connectivity index (χ4v) is 1.03. The Morgan fingerprint density at radius 1 is 1.75 bits per heavy atom. The van der Waals surface area contributed by atoms with Gasteiger partial charge >= 0.3 is 0 Å². The number of alkyl halides is 2. The molecule has 1 unspecified atom stereocenters. The highest BCUT2D eigenvalue weighted by Gasteiger charge is 2.07. The van der Waals surface area contributed by atoms with Crippen molar-refractivity contribution in [3.05, 3.63) is 12.4 Å². The van der Waals surface area contributed by atoms with E-state index < -0.39 is 24.1 Å². The zero-order valence-electron chi connectivity index (χ0n) is 5.85. The largest absolute Gasteiger partial charge is 0.302 e. The Balaban J connectivity index is 2.71. The molecule has 4 nitrogen and oxygen atoms in total. The van der Waals surface area contributed by atoms with Gasteiger partial charge in [-0.3, -0.25) is 4.68 Å². The third kappa shape index (κ3) is 2.35. The van der Waals surface area contributed by atoms with Crippen molar-refractivity contribution in [2.75, 3.05) is 0 Å². The molecule has 68 valence electrons. The van der Waals surface area contributed by atoms with Crippen LogP contribution >= 0.6 is 0 Å². The van der Waals surface area contributed by atoms with Crippen LogP contribution in [-0.2, 0) is 17.6 Å². The van der Waals surface area contributed by atoms with Crippen molar-refractivity contribution >= 4 is 11.1 Å². The van der Waals surface area contributed by atoms with E-state index in [0.717, 1.165) is 17.1 Å². The molecule has 0 aromatic carbocycles. The van der Waals surface area contributed by atoms with Gasteiger partial charge < -0.3 is 4.55 Å². The van der Waals surface area contributed by atoms with Gasteiger partial charge in [-0.2, -0.15) is 5.10 Å². The van der Waals surface area contributed by atoms with Gasteiger partial charge in [0.25, 0.3) is 6.43 Å². The molecule has 0 radical (unpaired) electrons. The van der Waals surface area contributed by atoms with Gasteiger partial charge in [0.15, 0.2) is 11.1 Å². The lowest BCUT2D eigenvalue weighted by Crippen LogP contribution is -2.06. The summed E-state index contributed by atoms with van der Waals surface area (Å²) in [7, 11) is 0. The Hall–Kier alpha value is -0.820. The van der Waals surface area contributed by atoms with Gasteiger partial charge in [-0.1, -0.05) is 0 Å². The molecule has 1 aromatic heterocycles. The molecule has 1 aromatic rings. The first-order valence-corrected chi connectivity index (χ1v) is 4.11. The van der Waals surface area contributed by atoms with Crippen molar-refractivity contribution in [3.8, 4) is 0 Å². The second-order valence-corrected chi connectivity index (χ2v) is 3.01. The molecule has 0 spiro atoms. The fourth-order valence-electron chi connectivity index (χ4n) is 0.676. The standard InChI is InChI=1S/C5H6F2N2O2S/c6-5(7)3-9-2-4(1-8-9)12(10)11/h1-2,5H,3H2,(H,10,11). The molecule has 0 bridgehead atoms. The summed E-state index contributed by atoms with van der Waals surface area (Å²) in [6, 6.07) is 0. The molecule has 0 fully saturated rings. The maximum Gasteiger partial charge on any atom is 0.257 e. The van der Waals surface area contributed by atoms with Crippen LogP contribution in [0.25, 0.3) is 0 Å². The molecule has 0 saturated carbocycles. The van der Waals surface area contributed by atoms with Gasteiger partial charge in [0, 0.05) is 6.20 Å². The summed E-state index contributed by atoms with van der Waals surface area (Å²) >= 11 is -2.15. The minimum atomic E-state index is -2.51. The number of nitrogens with zero attached hydrogens (tertiary/aromatic N) is 2. The van der Waals surface area contributed by atoms with Crippen LogP contribution in [0.15, 0.2) is 17.3 Å². The van der Waals surface area contributed by atoms with Crippen molar-refractivity contribution in [1.29, 1.82) is 0 Å². The monoisotopic (exact) mass is 196 g/mol. The fraction of sp³-hybridized carbons (Fsp3) is 0.400. The Labute approximate surface area is 69.5 Å². The summed E-state index contributed by atoms with van der Waals surface area (Å²) in [6.07, 6.45) is -0.314. The Morgan fingerprint density at radius 3 is 2.83 bits per heavy atom. The summed E-state index contributed by atoms with van der Waals surface area (Å²) in [6.45, 7) is -0.558. The SMILES string of the molecule is O=S(O)c1cnn(CC(F)F)c1. The van der Waals surface area contributed by atoms with E-state index >= 15 is 0 Å². The molecular formula is C5H6F2N2O2S. The predicted octanol–water partition coefficient (Wildman–Crippen LogP) is 0.729. The van der Waals surface area contributed by atoms with Crippen LogP contribution in [0.3, 0.4) is 0 Å². The average Bonchev–Trinajstić information content (AvgIpc) is 2.34. The van der Waals surface area contributed by atoms with Crippen LogP contribution < -0.4 is 0 Å². The number of hydrogen-bond donors (Lipinski definition) is 1. The van der Waals surface area contributed by atoms with E-state index in [1.165, 1.54) is 0 Å². The lowest BCUT2D eigenvalue weighted by Gasteiger charge is -1.97. The third-order valence-corrected chi connectivity index (χ3v) is 1.75. The number of hydrogen-bond acceptors (Lipinski definition) is 2. The smallest absolute Gasteiger partial charge is 0.257 e. The van der Waals surface area contributed by atoms with Crippen LogP contribution in [0.5, 0.6) is 0 Å². The molecule has 7 heteroatoms. The molecule has 1 rings (SSSR count). The lowest BCUT2D eigenvalue weighted by atomic mass is 10.7. The number of aromatic nitrogens is 2. The summed E-state index contributed by atoms with van der Waals surface area (Å²) in [5, 5.41) is 3.46. The number of halogens is 2. The zero-order valence-corrected chi connectivity index (χ0v) is 6.67. The molecule has 12 heavy (non-hydrogen) atoms. The molecular weight excluding hydrogens is 190 g/mol. The quantitative estimate of drug-likeness (QED) is 0.725. The molecule has 0 amide bonds. The van der Waals surface area contributed by atoms with Crippen molar-refractivity contribution in [1.82, 2.24) is 9.78 Å². The maximum atomic E-state index is 11.7. The van der Waals surface area contributed by atoms with E-state index in [2.05, 4.69) is 5.10 Å². The normalized spacial score (nSPS) is 13.7. The van der Waals surface area contributed by atoms with E-state index in [1.54, 1.807) is 0 Å². The van der Waals surface area contributed by atoms with Crippen molar-refractivity contribution in [2.24, 2.45) is 0 Å². The van der Waals surface area contributed by atoms with Gasteiger partial charge in [0.2, 0.25) is 0 Å². The molecule has 1 heterocycles. The topological polar surface area (TPSA) is 55.1 Å². The zero-order chi connectivity index (χ0) is 9.14. The number of rotatable bonds is 3. The lowest BCUT2D eigenvalue weighted by molar-refractivity contribution is 0.121. The predicted molar refractivity (Wildman–Crippen MR) is 37.3 cm³/mol. The van der Waals surface area contributed by atoms with E-state index in [-0.39, 0.29) is 4.90 Å². The van der Waals surface area contributed by atoms with Crippen LogP contribution in [0.1, 0.15) is 0 Å². The van der Waals surface area contributed by atoms with Gasteiger partial charge in [0.1, 0.15) is 11.4 Å². The first-order valence-electron chi connectivity index (χ1n) is 3.01. The molecule has 0 aliphatic rings. The van der Waals surface area contributed by atoms with Crippen LogP contribution in [-0.4, -0.2) is 25.0 Å². The second kappa shape index (κ2) is 3.72. The van der Waals surface area contributed by atoms with Gasteiger partial charge in [-0.25, -0.2) is 13.0 Å². The van der Waals surface area contributed by atoms with Crippen LogP contribution in [0.4, 0.5) is 8.78 Å².